The number of ether oxygens (including phenoxy) is 1. The lowest BCUT2D eigenvalue weighted by Crippen LogP contribution is -2.37. The van der Waals surface area contributed by atoms with Crippen molar-refractivity contribution < 1.29 is 19.2 Å². The van der Waals surface area contributed by atoms with Crippen LogP contribution in [0.4, 0.5) is 0 Å². The number of nitrogens with zero attached hydrogens (tertiary/aromatic N) is 1. The minimum Gasteiger partial charge on any atom is -0.376 e. The molecule has 0 spiro atoms. The molecule has 2 amide bonds. The third kappa shape index (κ3) is 2.14. The van der Waals surface area contributed by atoms with Gasteiger partial charge < -0.3 is 4.74 Å². The van der Waals surface area contributed by atoms with Crippen molar-refractivity contribution in [3.8, 4) is 0 Å². The van der Waals surface area contributed by atoms with E-state index >= 15 is 0 Å². The van der Waals surface area contributed by atoms with Gasteiger partial charge in [-0.1, -0.05) is 12.1 Å². The molecule has 0 radical (unpaired) electrons. The van der Waals surface area contributed by atoms with Crippen molar-refractivity contribution in [1.82, 2.24) is 5.06 Å². The van der Waals surface area contributed by atoms with Gasteiger partial charge >= 0.3 is 0 Å². The number of benzene rings is 1. The van der Waals surface area contributed by atoms with Gasteiger partial charge in [0.05, 0.1) is 16.7 Å². The van der Waals surface area contributed by atoms with Crippen LogP contribution in [0.25, 0.3) is 0 Å². The van der Waals surface area contributed by atoms with Crippen LogP contribution in [0.5, 0.6) is 0 Å². The van der Waals surface area contributed by atoms with Gasteiger partial charge in [-0.05, 0) is 26.0 Å². The van der Waals surface area contributed by atoms with Crippen LogP contribution in [0, 0.1) is 0 Å². The number of methoxy groups -OCH3 is 1. The number of hydrogen-bond donors (Lipinski definition) is 0. The van der Waals surface area contributed by atoms with E-state index in [1.807, 2.05) is 13.8 Å². The Labute approximate surface area is 105 Å². The lowest BCUT2D eigenvalue weighted by atomic mass is 10.1. The van der Waals surface area contributed by atoms with Gasteiger partial charge in [-0.3, -0.25) is 14.4 Å². The summed E-state index contributed by atoms with van der Waals surface area (Å²) < 4.78 is 5.17. The summed E-state index contributed by atoms with van der Waals surface area (Å²) in [6, 6.07) is 6.65. The maximum absolute atomic E-state index is 12.0. The highest BCUT2D eigenvalue weighted by atomic mass is 16.7. The maximum atomic E-state index is 12.0. The first-order valence-corrected chi connectivity index (χ1v) is 5.62. The van der Waals surface area contributed by atoms with Gasteiger partial charge in [-0.15, -0.1) is 5.06 Å². The van der Waals surface area contributed by atoms with Crippen molar-refractivity contribution in [2.45, 2.75) is 19.4 Å². The van der Waals surface area contributed by atoms with Crippen LogP contribution in [0.3, 0.4) is 0 Å². The van der Waals surface area contributed by atoms with E-state index in [1.165, 1.54) is 0 Å². The Bertz CT molecular complexity index is 461. The van der Waals surface area contributed by atoms with Crippen LogP contribution >= 0.6 is 0 Å². The Morgan fingerprint density at radius 2 is 1.61 bits per heavy atom. The molecule has 0 atom stereocenters. The normalized spacial score (nSPS) is 15.2. The van der Waals surface area contributed by atoms with E-state index in [2.05, 4.69) is 0 Å². The smallest absolute Gasteiger partial charge is 0.285 e. The van der Waals surface area contributed by atoms with Gasteiger partial charge in [-0.25, -0.2) is 0 Å². The molecule has 0 aromatic heterocycles. The molecule has 0 bridgehead atoms. The van der Waals surface area contributed by atoms with Crippen LogP contribution in [-0.2, 0) is 9.57 Å². The van der Waals surface area contributed by atoms with Crippen molar-refractivity contribution in [2.75, 3.05) is 13.7 Å². The summed E-state index contributed by atoms with van der Waals surface area (Å²) >= 11 is 0. The second-order valence-electron chi connectivity index (χ2n) is 4.69. The van der Waals surface area contributed by atoms with E-state index in [-0.39, 0.29) is 6.61 Å². The van der Waals surface area contributed by atoms with Crippen molar-refractivity contribution in [2.24, 2.45) is 0 Å². The molecule has 1 aliphatic heterocycles. The number of hydroxylamine groups is 2. The SMILES string of the molecule is COC(C)(C)CON1C(=O)c2ccccc2C1=O. The number of rotatable bonds is 4. The van der Waals surface area contributed by atoms with Gasteiger partial charge in [0.2, 0.25) is 0 Å². The molecule has 0 fully saturated rings. The summed E-state index contributed by atoms with van der Waals surface area (Å²) in [5.74, 6) is -0.856. The summed E-state index contributed by atoms with van der Waals surface area (Å²) in [5, 5.41) is 0.797. The van der Waals surface area contributed by atoms with Crippen LogP contribution < -0.4 is 0 Å². The molecule has 2 rings (SSSR count). The van der Waals surface area contributed by atoms with Gasteiger partial charge in [0, 0.05) is 7.11 Å². The first-order chi connectivity index (χ1) is 8.46. The van der Waals surface area contributed by atoms with E-state index in [0.29, 0.717) is 11.1 Å². The highest BCUT2D eigenvalue weighted by Gasteiger charge is 2.37. The van der Waals surface area contributed by atoms with E-state index < -0.39 is 17.4 Å². The molecule has 0 unspecified atom stereocenters. The number of fused-ring (bicyclic) bond motifs is 1. The first-order valence-electron chi connectivity index (χ1n) is 5.62. The van der Waals surface area contributed by atoms with Crippen LogP contribution in [-0.4, -0.2) is 36.2 Å². The highest BCUT2D eigenvalue weighted by molar-refractivity contribution is 6.20. The maximum Gasteiger partial charge on any atom is 0.285 e. The zero-order chi connectivity index (χ0) is 13.3. The monoisotopic (exact) mass is 249 g/mol. The predicted octanol–water partition coefficient (Wildman–Crippen LogP) is 1.64. The average Bonchev–Trinajstić information content (AvgIpc) is 2.61. The topological polar surface area (TPSA) is 55.8 Å². The number of carbonyl (C=O) groups excluding carboxylic acids is 2. The Kier molecular flexibility index (Phi) is 3.19. The summed E-state index contributed by atoms with van der Waals surface area (Å²) in [6.07, 6.45) is 0. The van der Waals surface area contributed by atoms with Gasteiger partial charge in [-0.2, -0.15) is 0 Å². The minimum absolute atomic E-state index is 0.120. The van der Waals surface area contributed by atoms with E-state index in [1.54, 1.807) is 31.4 Å². The summed E-state index contributed by atoms with van der Waals surface area (Å²) in [4.78, 5) is 29.2. The number of imide groups is 1. The number of hydrogen-bond acceptors (Lipinski definition) is 4. The molecule has 0 aliphatic carbocycles. The molecular weight excluding hydrogens is 234 g/mol. The number of carbonyl (C=O) groups is 2. The summed E-state index contributed by atoms with van der Waals surface area (Å²) in [6.45, 7) is 3.74. The molecule has 96 valence electrons. The Balaban J connectivity index is 2.14. The fraction of sp³-hybridized carbons (Fsp3) is 0.385. The Morgan fingerprint density at radius 3 is 2.06 bits per heavy atom. The summed E-state index contributed by atoms with van der Waals surface area (Å²) in [5.41, 5.74) is 0.186. The third-order valence-corrected chi connectivity index (χ3v) is 2.85. The van der Waals surface area contributed by atoms with Gasteiger partial charge in [0.25, 0.3) is 11.8 Å². The highest BCUT2D eigenvalue weighted by Crippen LogP contribution is 2.23. The molecule has 1 heterocycles. The van der Waals surface area contributed by atoms with Crippen molar-refractivity contribution in [3.05, 3.63) is 35.4 Å². The fourth-order valence-corrected chi connectivity index (χ4v) is 1.56. The van der Waals surface area contributed by atoms with E-state index in [4.69, 9.17) is 9.57 Å². The second kappa shape index (κ2) is 4.51. The molecule has 1 aromatic carbocycles. The zero-order valence-corrected chi connectivity index (χ0v) is 10.6. The molecule has 0 N–H and O–H groups in total. The molecule has 1 aromatic rings. The zero-order valence-electron chi connectivity index (χ0n) is 10.6. The third-order valence-electron chi connectivity index (χ3n) is 2.85. The average molecular weight is 249 g/mol. The standard InChI is InChI=1S/C13H15NO4/c1-13(2,17-3)8-18-14-11(15)9-6-4-5-7-10(9)12(14)16/h4-7H,8H2,1-3H3. The lowest BCUT2D eigenvalue weighted by Gasteiger charge is -2.24. The molecule has 18 heavy (non-hydrogen) atoms. The predicted molar refractivity (Wildman–Crippen MR) is 64.0 cm³/mol. The largest absolute Gasteiger partial charge is 0.376 e. The van der Waals surface area contributed by atoms with E-state index in [9.17, 15) is 9.59 Å². The lowest BCUT2D eigenvalue weighted by molar-refractivity contribution is -0.145. The first kappa shape index (κ1) is 12.7. The van der Waals surface area contributed by atoms with Crippen molar-refractivity contribution in [3.63, 3.8) is 0 Å². The molecule has 0 saturated carbocycles. The quantitative estimate of drug-likeness (QED) is 0.761. The fourth-order valence-electron chi connectivity index (χ4n) is 1.56. The molecule has 1 aliphatic rings. The van der Waals surface area contributed by atoms with E-state index in [0.717, 1.165) is 5.06 Å². The summed E-state index contributed by atoms with van der Waals surface area (Å²) in [7, 11) is 1.55. The van der Waals surface area contributed by atoms with Gasteiger partial charge in [0.15, 0.2) is 0 Å². The molecular formula is C13H15NO4. The molecule has 5 heteroatoms. The van der Waals surface area contributed by atoms with Crippen molar-refractivity contribution >= 4 is 11.8 Å². The second-order valence-corrected chi connectivity index (χ2v) is 4.69. The van der Waals surface area contributed by atoms with Crippen LogP contribution in [0.1, 0.15) is 34.6 Å². The molecule has 5 nitrogen and oxygen atoms in total. The van der Waals surface area contributed by atoms with Crippen molar-refractivity contribution in [1.29, 1.82) is 0 Å². The number of amides is 2. The van der Waals surface area contributed by atoms with Crippen LogP contribution in [0.2, 0.25) is 0 Å². The Morgan fingerprint density at radius 1 is 1.11 bits per heavy atom. The van der Waals surface area contributed by atoms with Crippen LogP contribution in [0.15, 0.2) is 24.3 Å². The minimum atomic E-state index is -0.560. The Hall–Kier alpha value is -1.72. The van der Waals surface area contributed by atoms with Gasteiger partial charge in [0.1, 0.15) is 6.61 Å². The molecule has 0 saturated heterocycles.